The quantitative estimate of drug-likeness (QED) is 0.788. The number of terminal acetylenes is 1. The first-order valence-electron chi connectivity index (χ1n) is 7.40. The number of fused-ring (bicyclic) bond motifs is 1. The summed E-state index contributed by atoms with van der Waals surface area (Å²) in [6.07, 6.45) is 5.99. The lowest BCUT2D eigenvalue weighted by Crippen LogP contribution is -2.28. The van der Waals surface area contributed by atoms with Gasteiger partial charge in [0.1, 0.15) is 5.82 Å². The standard InChI is InChI=1S/C17H19N3O2/c1-3-8-20-15-7-5-4-6-14(15)18-17(20)13-11-16(21)19(12-13)9-10-22-2/h1,4-7,13H,8-12H2,2H3/t13-/m0/s1. The number of benzene rings is 1. The summed E-state index contributed by atoms with van der Waals surface area (Å²) in [6.45, 7) is 2.33. The van der Waals surface area contributed by atoms with Crippen molar-refractivity contribution in [1.82, 2.24) is 14.5 Å². The molecular weight excluding hydrogens is 278 g/mol. The Hall–Kier alpha value is -2.32. The molecule has 114 valence electrons. The Morgan fingerprint density at radius 1 is 1.45 bits per heavy atom. The first-order valence-corrected chi connectivity index (χ1v) is 7.40. The van der Waals surface area contributed by atoms with E-state index in [1.165, 1.54) is 0 Å². The minimum atomic E-state index is 0.0881. The molecule has 0 unspecified atom stereocenters. The van der Waals surface area contributed by atoms with Crippen LogP contribution < -0.4 is 0 Å². The number of amides is 1. The number of imidazole rings is 1. The fourth-order valence-corrected chi connectivity index (χ4v) is 3.03. The summed E-state index contributed by atoms with van der Waals surface area (Å²) in [5.74, 6) is 3.84. The molecule has 1 saturated heterocycles. The summed E-state index contributed by atoms with van der Waals surface area (Å²) in [5.41, 5.74) is 1.95. The zero-order chi connectivity index (χ0) is 15.5. The van der Waals surface area contributed by atoms with E-state index in [-0.39, 0.29) is 11.8 Å². The Morgan fingerprint density at radius 2 is 2.27 bits per heavy atom. The van der Waals surface area contributed by atoms with E-state index in [4.69, 9.17) is 16.1 Å². The van der Waals surface area contributed by atoms with Crippen molar-refractivity contribution in [3.8, 4) is 12.3 Å². The molecule has 1 aromatic carbocycles. The van der Waals surface area contributed by atoms with Gasteiger partial charge in [0.25, 0.3) is 0 Å². The van der Waals surface area contributed by atoms with Crippen LogP contribution in [0.1, 0.15) is 18.2 Å². The van der Waals surface area contributed by atoms with Crippen LogP contribution in [0, 0.1) is 12.3 Å². The molecule has 0 saturated carbocycles. The van der Waals surface area contributed by atoms with Crippen LogP contribution in [-0.4, -0.2) is 47.2 Å². The summed E-state index contributed by atoms with van der Waals surface area (Å²) >= 11 is 0. The molecule has 5 nitrogen and oxygen atoms in total. The van der Waals surface area contributed by atoms with Crippen molar-refractivity contribution in [2.45, 2.75) is 18.9 Å². The summed E-state index contributed by atoms with van der Waals surface area (Å²) in [4.78, 5) is 18.7. The Balaban J connectivity index is 1.92. The molecule has 22 heavy (non-hydrogen) atoms. The summed E-state index contributed by atoms with van der Waals surface area (Å²) < 4.78 is 7.11. The van der Waals surface area contributed by atoms with E-state index in [2.05, 4.69) is 5.92 Å². The maximum absolute atomic E-state index is 12.1. The number of nitrogens with zero attached hydrogens (tertiary/aromatic N) is 3. The van der Waals surface area contributed by atoms with Crippen molar-refractivity contribution in [1.29, 1.82) is 0 Å². The zero-order valence-electron chi connectivity index (χ0n) is 12.7. The van der Waals surface area contributed by atoms with E-state index in [1.54, 1.807) is 7.11 Å². The molecule has 1 fully saturated rings. The van der Waals surface area contributed by atoms with Crippen molar-refractivity contribution >= 4 is 16.9 Å². The van der Waals surface area contributed by atoms with Crippen molar-refractivity contribution in [3.63, 3.8) is 0 Å². The number of likely N-dealkylation sites (tertiary alicyclic amines) is 1. The van der Waals surface area contributed by atoms with Gasteiger partial charge in [0.2, 0.25) is 5.91 Å². The highest BCUT2D eigenvalue weighted by molar-refractivity contribution is 5.81. The lowest BCUT2D eigenvalue weighted by Gasteiger charge is -2.16. The average Bonchev–Trinajstić information content (AvgIpc) is 3.07. The van der Waals surface area contributed by atoms with E-state index in [1.807, 2.05) is 33.7 Å². The van der Waals surface area contributed by atoms with Gasteiger partial charge in [0.05, 0.1) is 24.2 Å². The number of carbonyl (C=O) groups excluding carboxylic acids is 1. The maximum atomic E-state index is 12.1. The SMILES string of the molecule is C#CCn1c([C@H]2CC(=O)N(CCOC)C2)nc2ccccc21. The molecule has 1 aliphatic heterocycles. The number of hydrogen-bond acceptors (Lipinski definition) is 3. The Bertz CT molecular complexity index is 729. The molecule has 0 spiro atoms. The molecule has 1 aromatic heterocycles. The van der Waals surface area contributed by atoms with E-state index in [0.29, 0.717) is 32.7 Å². The first kappa shape index (κ1) is 14.6. The second-order valence-corrected chi connectivity index (χ2v) is 5.48. The van der Waals surface area contributed by atoms with Crippen LogP contribution in [0.5, 0.6) is 0 Å². The van der Waals surface area contributed by atoms with Crippen LogP contribution in [0.3, 0.4) is 0 Å². The van der Waals surface area contributed by atoms with Gasteiger partial charge >= 0.3 is 0 Å². The van der Waals surface area contributed by atoms with Crippen LogP contribution in [0.25, 0.3) is 11.0 Å². The first-order chi connectivity index (χ1) is 10.7. The predicted molar refractivity (Wildman–Crippen MR) is 84.4 cm³/mol. The second kappa shape index (κ2) is 6.20. The highest BCUT2D eigenvalue weighted by Crippen LogP contribution is 2.30. The normalized spacial score (nSPS) is 18.1. The van der Waals surface area contributed by atoms with Gasteiger partial charge in [-0.1, -0.05) is 18.1 Å². The molecule has 2 heterocycles. The zero-order valence-corrected chi connectivity index (χ0v) is 12.7. The maximum Gasteiger partial charge on any atom is 0.223 e. The lowest BCUT2D eigenvalue weighted by molar-refractivity contribution is -0.128. The van der Waals surface area contributed by atoms with Crippen LogP contribution in [-0.2, 0) is 16.1 Å². The van der Waals surface area contributed by atoms with Crippen molar-refractivity contribution < 1.29 is 9.53 Å². The van der Waals surface area contributed by atoms with Crippen LogP contribution in [0.2, 0.25) is 0 Å². The third kappa shape index (κ3) is 2.58. The predicted octanol–water partition coefficient (Wildman–Crippen LogP) is 1.63. The fraction of sp³-hybridized carbons (Fsp3) is 0.412. The van der Waals surface area contributed by atoms with E-state index < -0.39 is 0 Å². The molecule has 0 aliphatic carbocycles. The van der Waals surface area contributed by atoms with E-state index in [0.717, 1.165) is 16.9 Å². The second-order valence-electron chi connectivity index (χ2n) is 5.48. The lowest BCUT2D eigenvalue weighted by atomic mass is 10.1. The third-order valence-corrected chi connectivity index (χ3v) is 4.08. The number of methoxy groups -OCH3 is 1. The monoisotopic (exact) mass is 297 g/mol. The van der Waals surface area contributed by atoms with E-state index in [9.17, 15) is 4.79 Å². The molecule has 3 rings (SSSR count). The highest BCUT2D eigenvalue weighted by atomic mass is 16.5. The number of ether oxygens (including phenoxy) is 1. The Kier molecular flexibility index (Phi) is 4.12. The number of aromatic nitrogens is 2. The van der Waals surface area contributed by atoms with Crippen LogP contribution in [0.15, 0.2) is 24.3 Å². The van der Waals surface area contributed by atoms with Gasteiger partial charge in [-0.2, -0.15) is 0 Å². The molecular formula is C17H19N3O2. The minimum absolute atomic E-state index is 0.0881. The van der Waals surface area contributed by atoms with Crippen molar-refractivity contribution in [2.24, 2.45) is 0 Å². The summed E-state index contributed by atoms with van der Waals surface area (Å²) in [5, 5.41) is 0. The number of hydrogen-bond donors (Lipinski definition) is 0. The molecule has 1 atom stereocenters. The van der Waals surface area contributed by atoms with Gasteiger partial charge in [0, 0.05) is 32.5 Å². The molecule has 0 N–H and O–H groups in total. The Morgan fingerprint density at radius 3 is 3.05 bits per heavy atom. The highest BCUT2D eigenvalue weighted by Gasteiger charge is 2.33. The van der Waals surface area contributed by atoms with Crippen LogP contribution in [0.4, 0.5) is 0 Å². The summed E-state index contributed by atoms with van der Waals surface area (Å²) in [7, 11) is 1.64. The average molecular weight is 297 g/mol. The van der Waals surface area contributed by atoms with Gasteiger partial charge in [-0.25, -0.2) is 4.98 Å². The Labute approximate surface area is 129 Å². The number of carbonyl (C=O) groups is 1. The molecule has 2 aromatic rings. The minimum Gasteiger partial charge on any atom is -0.383 e. The van der Waals surface area contributed by atoms with Crippen molar-refractivity contribution in [2.75, 3.05) is 26.8 Å². The topological polar surface area (TPSA) is 47.4 Å². The van der Waals surface area contributed by atoms with Gasteiger partial charge in [0.15, 0.2) is 0 Å². The number of para-hydroxylation sites is 2. The molecule has 1 aliphatic rings. The molecule has 0 bridgehead atoms. The van der Waals surface area contributed by atoms with E-state index >= 15 is 0 Å². The summed E-state index contributed by atoms with van der Waals surface area (Å²) in [6, 6.07) is 7.93. The smallest absolute Gasteiger partial charge is 0.223 e. The third-order valence-electron chi connectivity index (χ3n) is 4.08. The van der Waals surface area contributed by atoms with Gasteiger partial charge in [-0.15, -0.1) is 6.42 Å². The van der Waals surface area contributed by atoms with Crippen LogP contribution >= 0.6 is 0 Å². The molecule has 1 amide bonds. The fourth-order valence-electron chi connectivity index (χ4n) is 3.03. The largest absolute Gasteiger partial charge is 0.383 e. The molecule has 0 radical (unpaired) electrons. The number of rotatable bonds is 5. The van der Waals surface area contributed by atoms with Gasteiger partial charge in [-0.05, 0) is 12.1 Å². The molecule has 5 heteroatoms. The van der Waals surface area contributed by atoms with Gasteiger partial charge < -0.3 is 14.2 Å². The van der Waals surface area contributed by atoms with Crippen molar-refractivity contribution in [3.05, 3.63) is 30.1 Å². The van der Waals surface area contributed by atoms with Gasteiger partial charge in [-0.3, -0.25) is 4.79 Å².